The summed E-state index contributed by atoms with van der Waals surface area (Å²) in [5.74, 6) is -1.30. The number of methoxy groups -OCH3 is 1. The van der Waals surface area contributed by atoms with E-state index in [-0.39, 0.29) is 18.9 Å². The maximum absolute atomic E-state index is 12.9. The summed E-state index contributed by atoms with van der Waals surface area (Å²) in [5, 5.41) is 7.98. The van der Waals surface area contributed by atoms with Crippen LogP contribution in [0.5, 0.6) is 0 Å². The number of nitrogens with zero attached hydrogens (tertiary/aromatic N) is 1. The van der Waals surface area contributed by atoms with Gasteiger partial charge in [-0.1, -0.05) is 26.0 Å². The summed E-state index contributed by atoms with van der Waals surface area (Å²) in [6.07, 6.45) is 4.20. The average Bonchev–Trinajstić information content (AvgIpc) is 3.29. The Balaban J connectivity index is 2.01. The van der Waals surface area contributed by atoms with Gasteiger partial charge in [-0.05, 0) is 42.5 Å². The van der Waals surface area contributed by atoms with Gasteiger partial charge in [-0.15, -0.1) is 0 Å². The van der Waals surface area contributed by atoms with Crippen molar-refractivity contribution in [3.63, 3.8) is 0 Å². The SMILES string of the molecule is COC(=O)c1ccn(Cc2ccc(NC(=O)[C@H](CCCNC(N)=O)NC(=O)[C@@H](N)C(C)C)cc2)c1. The molecule has 4 amide bonds. The van der Waals surface area contributed by atoms with Crippen LogP contribution in [0.15, 0.2) is 42.7 Å². The summed E-state index contributed by atoms with van der Waals surface area (Å²) in [6, 6.07) is 6.66. The van der Waals surface area contributed by atoms with Crippen molar-refractivity contribution in [1.82, 2.24) is 15.2 Å². The van der Waals surface area contributed by atoms with E-state index in [1.807, 2.05) is 30.5 Å². The van der Waals surface area contributed by atoms with E-state index in [1.54, 1.807) is 30.6 Å². The number of nitrogens with two attached hydrogens (primary N) is 2. The van der Waals surface area contributed by atoms with Crippen molar-refractivity contribution in [2.75, 3.05) is 19.0 Å². The Kier molecular flexibility index (Phi) is 10.3. The number of anilines is 1. The molecular weight excluding hydrogens is 452 g/mol. The number of rotatable bonds is 12. The molecule has 2 rings (SSSR count). The molecule has 0 saturated carbocycles. The first-order chi connectivity index (χ1) is 16.6. The fourth-order valence-corrected chi connectivity index (χ4v) is 3.27. The van der Waals surface area contributed by atoms with Gasteiger partial charge in [0.15, 0.2) is 0 Å². The first kappa shape index (κ1) is 27.4. The molecule has 35 heavy (non-hydrogen) atoms. The first-order valence-corrected chi connectivity index (χ1v) is 11.3. The van der Waals surface area contributed by atoms with Crippen LogP contribution in [-0.4, -0.2) is 54.1 Å². The largest absolute Gasteiger partial charge is 0.465 e. The summed E-state index contributed by atoms with van der Waals surface area (Å²) in [7, 11) is 1.33. The van der Waals surface area contributed by atoms with Gasteiger partial charge >= 0.3 is 12.0 Å². The molecule has 0 unspecified atom stereocenters. The molecule has 0 aliphatic carbocycles. The number of primary amides is 1. The molecule has 0 bridgehead atoms. The van der Waals surface area contributed by atoms with E-state index >= 15 is 0 Å². The lowest BCUT2D eigenvalue weighted by atomic mass is 10.0. The van der Waals surface area contributed by atoms with Gasteiger partial charge in [-0.3, -0.25) is 9.59 Å². The summed E-state index contributed by atoms with van der Waals surface area (Å²) in [5.41, 5.74) is 13.0. The molecule has 0 fully saturated rings. The fraction of sp³-hybridized carbons (Fsp3) is 0.417. The van der Waals surface area contributed by atoms with Crippen molar-refractivity contribution in [1.29, 1.82) is 0 Å². The average molecular weight is 487 g/mol. The van der Waals surface area contributed by atoms with Gasteiger partial charge in [0.2, 0.25) is 11.8 Å². The fourth-order valence-electron chi connectivity index (χ4n) is 3.27. The number of benzene rings is 1. The molecule has 1 aromatic carbocycles. The molecule has 0 aliphatic rings. The van der Waals surface area contributed by atoms with E-state index in [4.69, 9.17) is 16.2 Å². The Labute approximate surface area is 204 Å². The summed E-state index contributed by atoms with van der Waals surface area (Å²) >= 11 is 0. The molecular formula is C24H34N6O5. The van der Waals surface area contributed by atoms with Crippen LogP contribution < -0.4 is 27.4 Å². The van der Waals surface area contributed by atoms with Crippen molar-refractivity contribution in [3.05, 3.63) is 53.9 Å². The first-order valence-electron chi connectivity index (χ1n) is 11.3. The number of ether oxygens (including phenoxy) is 1. The highest BCUT2D eigenvalue weighted by Crippen LogP contribution is 2.13. The van der Waals surface area contributed by atoms with Crippen molar-refractivity contribution < 1.29 is 23.9 Å². The molecule has 1 heterocycles. The van der Waals surface area contributed by atoms with Gasteiger partial charge in [-0.25, -0.2) is 9.59 Å². The zero-order valence-corrected chi connectivity index (χ0v) is 20.2. The Morgan fingerprint density at radius 1 is 1.06 bits per heavy atom. The molecule has 0 saturated heterocycles. The number of hydrogen-bond acceptors (Lipinski definition) is 6. The normalized spacial score (nSPS) is 12.5. The summed E-state index contributed by atoms with van der Waals surface area (Å²) in [6.45, 7) is 4.45. The third-order valence-electron chi connectivity index (χ3n) is 5.38. The number of esters is 1. The van der Waals surface area contributed by atoms with Crippen LogP contribution in [0.4, 0.5) is 10.5 Å². The van der Waals surface area contributed by atoms with Gasteiger partial charge in [0.05, 0.1) is 18.7 Å². The molecule has 1 aromatic heterocycles. The Morgan fingerprint density at radius 2 is 1.74 bits per heavy atom. The third-order valence-corrected chi connectivity index (χ3v) is 5.38. The maximum Gasteiger partial charge on any atom is 0.339 e. The molecule has 11 heteroatoms. The highest BCUT2D eigenvalue weighted by Gasteiger charge is 2.25. The van der Waals surface area contributed by atoms with Crippen LogP contribution in [0.25, 0.3) is 0 Å². The second-order valence-corrected chi connectivity index (χ2v) is 8.51. The molecule has 2 atom stereocenters. The maximum atomic E-state index is 12.9. The van der Waals surface area contributed by atoms with Gasteiger partial charge in [0, 0.05) is 31.2 Å². The van der Waals surface area contributed by atoms with E-state index < -0.39 is 35.9 Å². The minimum absolute atomic E-state index is 0.0909. The van der Waals surface area contributed by atoms with Crippen molar-refractivity contribution in [3.8, 4) is 0 Å². The molecule has 11 nitrogen and oxygen atoms in total. The van der Waals surface area contributed by atoms with Gasteiger partial charge in [-0.2, -0.15) is 0 Å². The molecule has 7 N–H and O–H groups in total. The number of carbonyl (C=O) groups excluding carboxylic acids is 4. The number of carbonyl (C=O) groups is 4. The van der Waals surface area contributed by atoms with E-state index in [2.05, 4.69) is 16.0 Å². The van der Waals surface area contributed by atoms with E-state index in [9.17, 15) is 19.2 Å². The Hall–Kier alpha value is -3.86. The van der Waals surface area contributed by atoms with E-state index in [0.717, 1.165) is 5.56 Å². The predicted octanol–water partition coefficient (Wildman–Crippen LogP) is 1.18. The van der Waals surface area contributed by atoms with Crippen molar-refractivity contribution in [2.45, 2.75) is 45.3 Å². The van der Waals surface area contributed by atoms with Crippen molar-refractivity contribution in [2.24, 2.45) is 17.4 Å². The van der Waals surface area contributed by atoms with Gasteiger partial charge < -0.3 is 36.7 Å². The molecule has 0 aliphatic heterocycles. The van der Waals surface area contributed by atoms with Gasteiger partial charge in [0.25, 0.3) is 0 Å². The lowest BCUT2D eigenvalue weighted by molar-refractivity contribution is -0.128. The lowest BCUT2D eigenvalue weighted by Crippen LogP contribution is -2.51. The quantitative estimate of drug-likeness (QED) is 0.223. The lowest BCUT2D eigenvalue weighted by Gasteiger charge is -2.22. The Bertz CT molecular complexity index is 1020. The zero-order valence-electron chi connectivity index (χ0n) is 20.2. The van der Waals surface area contributed by atoms with Crippen LogP contribution in [0.3, 0.4) is 0 Å². The number of amides is 4. The molecule has 190 valence electrons. The smallest absolute Gasteiger partial charge is 0.339 e. The van der Waals surface area contributed by atoms with Crippen LogP contribution in [-0.2, 0) is 20.9 Å². The number of aromatic nitrogens is 1. The highest BCUT2D eigenvalue weighted by atomic mass is 16.5. The van der Waals surface area contributed by atoms with E-state index in [1.165, 1.54) is 7.11 Å². The number of hydrogen-bond donors (Lipinski definition) is 5. The summed E-state index contributed by atoms with van der Waals surface area (Å²) in [4.78, 5) is 47.8. The van der Waals surface area contributed by atoms with Crippen molar-refractivity contribution >= 4 is 29.5 Å². The van der Waals surface area contributed by atoms with Crippen LogP contribution in [0, 0.1) is 5.92 Å². The predicted molar refractivity (Wildman–Crippen MR) is 132 cm³/mol. The van der Waals surface area contributed by atoms with E-state index in [0.29, 0.717) is 24.2 Å². The third kappa shape index (κ3) is 8.78. The van der Waals surface area contributed by atoms with Crippen LogP contribution in [0.1, 0.15) is 42.6 Å². The summed E-state index contributed by atoms with van der Waals surface area (Å²) < 4.78 is 6.56. The standard InChI is InChI=1S/C24H34N6O5/c1-15(2)20(25)22(32)29-19(5-4-11-27-24(26)34)21(31)28-18-8-6-16(7-9-18)13-30-12-10-17(14-30)23(33)35-3/h6-10,12,14-15,19-20H,4-5,11,13,25H2,1-3H3,(H,28,31)(H,29,32)(H3,26,27,34)/t19-,20-/m0/s1. The second kappa shape index (κ2) is 13.1. The minimum atomic E-state index is -0.835. The highest BCUT2D eigenvalue weighted by molar-refractivity contribution is 5.97. The van der Waals surface area contributed by atoms with Gasteiger partial charge in [0.1, 0.15) is 6.04 Å². The Morgan fingerprint density at radius 3 is 2.34 bits per heavy atom. The minimum Gasteiger partial charge on any atom is -0.465 e. The second-order valence-electron chi connectivity index (χ2n) is 8.51. The number of nitrogens with one attached hydrogen (secondary N) is 3. The molecule has 0 radical (unpaired) electrons. The van der Waals surface area contributed by atoms with Crippen LogP contribution in [0.2, 0.25) is 0 Å². The molecule has 0 spiro atoms. The monoisotopic (exact) mass is 486 g/mol. The number of urea groups is 1. The molecule has 2 aromatic rings. The van der Waals surface area contributed by atoms with Crippen LogP contribution >= 0.6 is 0 Å². The topological polar surface area (TPSA) is 171 Å². The zero-order chi connectivity index (χ0) is 26.0.